The Hall–Kier alpha value is -1.81. The van der Waals surface area contributed by atoms with Gasteiger partial charge < -0.3 is 10.6 Å². The lowest BCUT2D eigenvalue weighted by Crippen LogP contribution is -2.06. The first-order valence-corrected chi connectivity index (χ1v) is 7.25. The zero-order valence-corrected chi connectivity index (χ0v) is 12.3. The maximum absolute atomic E-state index is 5.96. The molecule has 0 aliphatic heterocycles. The van der Waals surface area contributed by atoms with E-state index < -0.39 is 0 Å². The highest BCUT2D eigenvalue weighted by molar-refractivity contribution is 6.30. The summed E-state index contributed by atoms with van der Waals surface area (Å²) in [6.45, 7) is 3.08. The number of nitrogens with zero attached hydrogens (tertiary/aromatic N) is 2. The smallest absolute Gasteiger partial charge is 0.224 e. The lowest BCUT2D eigenvalue weighted by molar-refractivity contribution is 0.740. The minimum absolute atomic E-state index is 0.646. The van der Waals surface area contributed by atoms with Gasteiger partial charge in [0.15, 0.2) is 0 Å². The quantitative estimate of drug-likeness (QED) is 0.738. The molecule has 4 nitrogen and oxygen atoms in total. The van der Waals surface area contributed by atoms with Crippen molar-refractivity contribution in [3.05, 3.63) is 41.6 Å². The van der Waals surface area contributed by atoms with Crippen LogP contribution in [0, 0.1) is 0 Å². The van der Waals surface area contributed by atoms with E-state index in [1.807, 2.05) is 30.3 Å². The summed E-state index contributed by atoms with van der Waals surface area (Å²) in [7, 11) is 0. The van der Waals surface area contributed by atoms with Gasteiger partial charge in [0.25, 0.3) is 0 Å². The van der Waals surface area contributed by atoms with E-state index in [0.717, 1.165) is 24.5 Å². The van der Waals surface area contributed by atoms with Crippen LogP contribution in [0.5, 0.6) is 0 Å². The maximum Gasteiger partial charge on any atom is 0.224 e. The normalized spacial score (nSPS) is 10.3. The highest BCUT2D eigenvalue weighted by Gasteiger charge is 2.00. The molecule has 2 rings (SSSR count). The fraction of sp³-hybridized carbons (Fsp3) is 0.333. The van der Waals surface area contributed by atoms with Crippen LogP contribution in [0.15, 0.2) is 36.5 Å². The van der Waals surface area contributed by atoms with Crippen molar-refractivity contribution in [3.8, 4) is 0 Å². The van der Waals surface area contributed by atoms with Crippen molar-refractivity contribution in [2.24, 2.45) is 0 Å². The Labute approximate surface area is 124 Å². The number of hydrogen-bond donors (Lipinski definition) is 2. The summed E-state index contributed by atoms with van der Waals surface area (Å²) in [5, 5.41) is 7.14. The second-order valence-corrected chi connectivity index (χ2v) is 4.97. The highest BCUT2D eigenvalue weighted by atomic mass is 35.5. The molecular weight excluding hydrogens is 272 g/mol. The van der Waals surface area contributed by atoms with Gasteiger partial charge >= 0.3 is 0 Å². The van der Waals surface area contributed by atoms with Crippen molar-refractivity contribution in [2.45, 2.75) is 26.2 Å². The van der Waals surface area contributed by atoms with Crippen LogP contribution in [-0.2, 0) is 0 Å². The number of unbranched alkanes of at least 4 members (excludes halogenated alkanes) is 2. The van der Waals surface area contributed by atoms with Gasteiger partial charge in [0.1, 0.15) is 5.82 Å². The molecule has 0 atom stereocenters. The molecular formula is C15H19ClN4. The number of hydrogen-bond acceptors (Lipinski definition) is 4. The fourth-order valence-electron chi connectivity index (χ4n) is 1.80. The molecule has 20 heavy (non-hydrogen) atoms. The molecule has 0 radical (unpaired) electrons. The molecule has 1 aromatic heterocycles. The van der Waals surface area contributed by atoms with Crippen LogP contribution in [0.1, 0.15) is 26.2 Å². The van der Waals surface area contributed by atoms with Gasteiger partial charge in [0.05, 0.1) is 0 Å². The number of nitrogens with one attached hydrogen (secondary N) is 2. The van der Waals surface area contributed by atoms with E-state index >= 15 is 0 Å². The molecule has 5 heteroatoms. The van der Waals surface area contributed by atoms with Crippen molar-refractivity contribution in [3.63, 3.8) is 0 Å². The first kappa shape index (κ1) is 14.6. The minimum Gasteiger partial charge on any atom is -0.354 e. The van der Waals surface area contributed by atoms with E-state index in [0.29, 0.717) is 11.0 Å². The van der Waals surface area contributed by atoms with Crippen LogP contribution in [0.25, 0.3) is 0 Å². The summed E-state index contributed by atoms with van der Waals surface area (Å²) in [4.78, 5) is 8.63. The fourth-order valence-corrected chi connectivity index (χ4v) is 1.99. The van der Waals surface area contributed by atoms with Gasteiger partial charge in [0.2, 0.25) is 5.95 Å². The summed E-state index contributed by atoms with van der Waals surface area (Å²) in [5.41, 5.74) is 0.910. The molecule has 2 N–H and O–H groups in total. The molecule has 0 aliphatic carbocycles. The summed E-state index contributed by atoms with van der Waals surface area (Å²) < 4.78 is 0. The van der Waals surface area contributed by atoms with Crippen molar-refractivity contribution in [1.82, 2.24) is 9.97 Å². The van der Waals surface area contributed by atoms with Gasteiger partial charge in [-0.2, -0.15) is 4.98 Å². The minimum atomic E-state index is 0.646. The van der Waals surface area contributed by atoms with Crippen LogP contribution < -0.4 is 10.6 Å². The molecule has 0 spiro atoms. The lowest BCUT2D eigenvalue weighted by atomic mass is 10.2. The molecule has 0 amide bonds. The number of anilines is 3. The molecule has 0 saturated heterocycles. The van der Waals surface area contributed by atoms with Gasteiger partial charge in [-0.1, -0.05) is 37.4 Å². The molecule has 1 heterocycles. The average Bonchev–Trinajstić information content (AvgIpc) is 2.44. The Morgan fingerprint density at radius 2 is 2.10 bits per heavy atom. The lowest BCUT2D eigenvalue weighted by Gasteiger charge is -2.08. The molecule has 0 fully saturated rings. The largest absolute Gasteiger partial charge is 0.354 e. The predicted octanol–water partition coefficient (Wildman–Crippen LogP) is 4.48. The van der Waals surface area contributed by atoms with Gasteiger partial charge in [-0.15, -0.1) is 0 Å². The third-order valence-electron chi connectivity index (χ3n) is 2.82. The zero-order valence-electron chi connectivity index (χ0n) is 11.6. The van der Waals surface area contributed by atoms with Gasteiger partial charge in [0, 0.05) is 23.5 Å². The van der Waals surface area contributed by atoms with E-state index in [4.69, 9.17) is 11.6 Å². The standard InChI is InChI=1S/C15H19ClN4/c1-2-3-4-9-17-15-18-10-8-14(20-15)19-13-7-5-6-12(16)11-13/h5-8,10-11H,2-4,9H2,1H3,(H2,17,18,19,20). The molecule has 1 aromatic carbocycles. The Morgan fingerprint density at radius 1 is 1.20 bits per heavy atom. The van der Waals surface area contributed by atoms with E-state index in [9.17, 15) is 0 Å². The Bertz CT molecular complexity index is 545. The monoisotopic (exact) mass is 290 g/mol. The summed E-state index contributed by atoms with van der Waals surface area (Å²) in [5.74, 6) is 1.40. The number of aromatic nitrogens is 2. The van der Waals surface area contributed by atoms with Crippen molar-refractivity contribution < 1.29 is 0 Å². The van der Waals surface area contributed by atoms with Crippen molar-refractivity contribution >= 4 is 29.1 Å². The SMILES string of the molecule is CCCCCNc1nccc(Nc2cccc(Cl)c2)n1. The molecule has 2 aromatic rings. The average molecular weight is 291 g/mol. The van der Waals surface area contributed by atoms with Gasteiger partial charge in [-0.3, -0.25) is 0 Å². The second kappa shape index (κ2) is 7.70. The van der Waals surface area contributed by atoms with Crippen LogP contribution in [-0.4, -0.2) is 16.5 Å². The predicted molar refractivity (Wildman–Crippen MR) is 84.8 cm³/mol. The van der Waals surface area contributed by atoms with Crippen LogP contribution >= 0.6 is 11.6 Å². The van der Waals surface area contributed by atoms with E-state index in [1.54, 1.807) is 6.20 Å². The molecule has 106 valence electrons. The van der Waals surface area contributed by atoms with Crippen LogP contribution in [0.3, 0.4) is 0 Å². The van der Waals surface area contributed by atoms with E-state index in [1.165, 1.54) is 12.8 Å². The first-order valence-electron chi connectivity index (χ1n) is 6.87. The van der Waals surface area contributed by atoms with E-state index in [-0.39, 0.29) is 0 Å². The molecule has 0 saturated carbocycles. The summed E-state index contributed by atoms with van der Waals surface area (Å²) in [6, 6.07) is 9.38. The molecule has 0 bridgehead atoms. The molecule has 0 aliphatic rings. The van der Waals surface area contributed by atoms with Gasteiger partial charge in [-0.25, -0.2) is 4.98 Å². The zero-order chi connectivity index (χ0) is 14.2. The third-order valence-corrected chi connectivity index (χ3v) is 3.05. The summed E-state index contributed by atoms with van der Waals surface area (Å²) in [6.07, 6.45) is 5.29. The Kier molecular flexibility index (Phi) is 5.62. The number of rotatable bonds is 7. The number of benzene rings is 1. The second-order valence-electron chi connectivity index (χ2n) is 4.53. The molecule has 0 unspecified atom stereocenters. The van der Waals surface area contributed by atoms with Crippen LogP contribution in [0.2, 0.25) is 5.02 Å². The van der Waals surface area contributed by atoms with E-state index in [2.05, 4.69) is 27.5 Å². The van der Waals surface area contributed by atoms with Crippen molar-refractivity contribution in [1.29, 1.82) is 0 Å². The summed E-state index contributed by atoms with van der Waals surface area (Å²) >= 11 is 5.96. The topological polar surface area (TPSA) is 49.8 Å². The maximum atomic E-state index is 5.96. The third kappa shape index (κ3) is 4.70. The highest BCUT2D eigenvalue weighted by Crippen LogP contribution is 2.19. The first-order chi connectivity index (χ1) is 9.78. The van der Waals surface area contributed by atoms with Crippen molar-refractivity contribution in [2.75, 3.05) is 17.2 Å². The van der Waals surface area contributed by atoms with Crippen LogP contribution in [0.4, 0.5) is 17.5 Å². The number of halogens is 1. The Morgan fingerprint density at radius 3 is 2.90 bits per heavy atom. The van der Waals surface area contributed by atoms with Gasteiger partial charge in [-0.05, 0) is 30.7 Å². The Balaban J connectivity index is 1.95.